The van der Waals surface area contributed by atoms with Gasteiger partial charge < -0.3 is 14.2 Å². The number of nitrogens with zero attached hydrogens (tertiary/aromatic N) is 3. The average molecular weight is 498 g/mol. The van der Waals surface area contributed by atoms with Gasteiger partial charge in [-0.2, -0.15) is 0 Å². The molecule has 1 aromatic heterocycles. The Labute approximate surface area is 204 Å². The molecule has 0 saturated carbocycles. The number of amides is 1. The lowest BCUT2D eigenvalue weighted by atomic mass is 10.2. The van der Waals surface area contributed by atoms with Crippen molar-refractivity contribution in [2.24, 2.45) is 0 Å². The van der Waals surface area contributed by atoms with Crippen molar-refractivity contribution in [2.75, 3.05) is 13.2 Å². The van der Waals surface area contributed by atoms with Gasteiger partial charge in [0.1, 0.15) is 5.82 Å². The molecule has 1 saturated heterocycles. The van der Waals surface area contributed by atoms with E-state index in [0.717, 1.165) is 12.8 Å². The maximum atomic E-state index is 13.3. The van der Waals surface area contributed by atoms with Crippen molar-refractivity contribution >= 4 is 15.7 Å². The van der Waals surface area contributed by atoms with Crippen LogP contribution in [0.15, 0.2) is 78.6 Å². The molecular formula is C26H28FN3O4S. The van der Waals surface area contributed by atoms with Crippen LogP contribution < -0.4 is 0 Å². The summed E-state index contributed by atoms with van der Waals surface area (Å²) in [5.74, 6) is -0.931. The Hall–Kier alpha value is -3.30. The van der Waals surface area contributed by atoms with E-state index >= 15 is 0 Å². The summed E-state index contributed by atoms with van der Waals surface area (Å²) in [6.07, 6.45) is 4.71. The first kappa shape index (κ1) is 24.8. The SMILES string of the molecule is C=CCN(Cc1cnc(S(=O)(=O)Cc2ccc(F)cc2)n1C[C@@H]1CCCO1)C(=O)c1ccccc1. The number of carbonyl (C=O) groups excluding carboxylic acids is 1. The van der Waals surface area contributed by atoms with E-state index in [9.17, 15) is 17.6 Å². The number of hydrogen-bond donors (Lipinski definition) is 0. The molecule has 1 aliphatic heterocycles. The number of benzene rings is 2. The molecule has 3 aromatic rings. The molecule has 184 valence electrons. The van der Waals surface area contributed by atoms with Crippen LogP contribution in [0.1, 0.15) is 34.5 Å². The third-order valence-electron chi connectivity index (χ3n) is 5.87. The number of imidazole rings is 1. The van der Waals surface area contributed by atoms with Gasteiger partial charge in [-0.05, 0) is 42.7 Å². The van der Waals surface area contributed by atoms with Gasteiger partial charge in [0.2, 0.25) is 15.0 Å². The lowest BCUT2D eigenvalue weighted by molar-refractivity contribution is 0.0751. The highest BCUT2D eigenvalue weighted by Gasteiger charge is 2.28. The van der Waals surface area contributed by atoms with E-state index in [1.54, 1.807) is 39.8 Å². The molecule has 35 heavy (non-hydrogen) atoms. The van der Waals surface area contributed by atoms with Gasteiger partial charge in [0, 0.05) is 18.7 Å². The Balaban J connectivity index is 1.66. The molecular weight excluding hydrogens is 469 g/mol. The fourth-order valence-corrected chi connectivity index (χ4v) is 5.65. The van der Waals surface area contributed by atoms with Crippen LogP contribution in [0.2, 0.25) is 0 Å². The lowest BCUT2D eigenvalue weighted by Crippen LogP contribution is -2.32. The normalized spacial score (nSPS) is 15.7. The van der Waals surface area contributed by atoms with Gasteiger partial charge in [-0.1, -0.05) is 36.4 Å². The van der Waals surface area contributed by atoms with Crippen LogP contribution in [-0.2, 0) is 33.4 Å². The van der Waals surface area contributed by atoms with E-state index in [0.29, 0.717) is 30.0 Å². The summed E-state index contributed by atoms with van der Waals surface area (Å²) in [4.78, 5) is 19.0. The van der Waals surface area contributed by atoms with E-state index in [1.807, 2.05) is 6.07 Å². The largest absolute Gasteiger partial charge is 0.376 e. The first-order valence-corrected chi connectivity index (χ1v) is 13.1. The summed E-state index contributed by atoms with van der Waals surface area (Å²) >= 11 is 0. The Morgan fingerprint density at radius 1 is 1.20 bits per heavy atom. The molecule has 9 heteroatoms. The summed E-state index contributed by atoms with van der Waals surface area (Å²) < 4.78 is 47.4. The standard InChI is InChI=1S/C26H28FN3O4S/c1-2-14-29(25(31)21-7-4-3-5-8-21)17-23-16-28-26(30(23)18-24-9-6-15-34-24)35(32,33)19-20-10-12-22(27)13-11-20/h2-5,7-8,10-13,16,24H,1,6,9,14-15,17-19H2/t24-/m0/s1. The minimum absolute atomic E-state index is 0.0851. The quantitative estimate of drug-likeness (QED) is 0.396. The molecule has 1 aliphatic rings. The monoisotopic (exact) mass is 497 g/mol. The third kappa shape index (κ3) is 6.04. The Bertz CT molecular complexity index is 1270. The van der Waals surface area contributed by atoms with Crippen LogP contribution in [0, 0.1) is 5.82 Å². The molecule has 4 rings (SSSR count). The van der Waals surface area contributed by atoms with Crippen LogP contribution in [0.5, 0.6) is 0 Å². The zero-order chi connectivity index (χ0) is 24.8. The maximum Gasteiger partial charge on any atom is 0.254 e. The van der Waals surface area contributed by atoms with Crippen LogP contribution in [0.25, 0.3) is 0 Å². The van der Waals surface area contributed by atoms with Gasteiger partial charge in [0.25, 0.3) is 5.91 Å². The van der Waals surface area contributed by atoms with Gasteiger partial charge in [-0.3, -0.25) is 4.79 Å². The first-order chi connectivity index (χ1) is 16.9. The molecule has 2 aromatic carbocycles. The number of aromatic nitrogens is 2. The molecule has 0 unspecified atom stereocenters. The molecule has 0 radical (unpaired) electrons. The third-order valence-corrected chi connectivity index (χ3v) is 7.47. The Morgan fingerprint density at radius 3 is 2.60 bits per heavy atom. The molecule has 0 N–H and O–H groups in total. The van der Waals surface area contributed by atoms with Gasteiger partial charge in [-0.25, -0.2) is 17.8 Å². The molecule has 0 bridgehead atoms. The summed E-state index contributed by atoms with van der Waals surface area (Å²) in [5.41, 5.74) is 1.58. The predicted octanol–water partition coefficient (Wildman–Crippen LogP) is 4.00. The lowest BCUT2D eigenvalue weighted by Gasteiger charge is -2.23. The number of ether oxygens (including phenoxy) is 1. The number of sulfone groups is 1. The highest BCUT2D eigenvalue weighted by Crippen LogP contribution is 2.23. The van der Waals surface area contributed by atoms with Crippen molar-refractivity contribution in [1.29, 1.82) is 0 Å². The van der Waals surface area contributed by atoms with E-state index < -0.39 is 15.7 Å². The Kier molecular flexibility index (Phi) is 7.77. The topological polar surface area (TPSA) is 81.5 Å². The van der Waals surface area contributed by atoms with Crippen molar-refractivity contribution in [3.8, 4) is 0 Å². The number of carbonyl (C=O) groups is 1. The van der Waals surface area contributed by atoms with Crippen molar-refractivity contribution in [3.63, 3.8) is 0 Å². The number of hydrogen-bond acceptors (Lipinski definition) is 5. The molecule has 7 nitrogen and oxygen atoms in total. The van der Waals surface area contributed by atoms with Crippen molar-refractivity contribution in [1.82, 2.24) is 14.5 Å². The zero-order valence-corrected chi connectivity index (χ0v) is 20.2. The van der Waals surface area contributed by atoms with Gasteiger partial charge >= 0.3 is 0 Å². The smallest absolute Gasteiger partial charge is 0.254 e. The zero-order valence-electron chi connectivity index (χ0n) is 19.3. The molecule has 1 atom stereocenters. The second-order valence-electron chi connectivity index (χ2n) is 8.50. The van der Waals surface area contributed by atoms with Crippen LogP contribution in [0.4, 0.5) is 4.39 Å². The highest BCUT2D eigenvalue weighted by atomic mass is 32.2. The van der Waals surface area contributed by atoms with E-state index in [1.165, 1.54) is 30.5 Å². The van der Waals surface area contributed by atoms with Gasteiger partial charge in [-0.15, -0.1) is 6.58 Å². The fourth-order valence-electron chi connectivity index (χ4n) is 4.15. The van der Waals surface area contributed by atoms with Crippen LogP contribution in [-0.4, -0.2) is 48.0 Å². The van der Waals surface area contributed by atoms with E-state index in [4.69, 9.17) is 4.74 Å². The molecule has 1 amide bonds. The van der Waals surface area contributed by atoms with Crippen molar-refractivity contribution in [2.45, 2.75) is 42.9 Å². The van der Waals surface area contributed by atoms with Crippen LogP contribution in [0.3, 0.4) is 0 Å². The summed E-state index contributed by atoms with van der Waals surface area (Å²) in [5, 5.41) is -0.0851. The molecule has 0 aliphatic carbocycles. The van der Waals surface area contributed by atoms with Gasteiger partial charge in [0.05, 0.1) is 36.8 Å². The van der Waals surface area contributed by atoms with Crippen molar-refractivity contribution in [3.05, 3.63) is 96.1 Å². The minimum atomic E-state index is -3.85. The number of rotatable bonds is 10. The van der Waals surface area contributed by atoms with E-state index in [-0.39, 0.29) is 36.0 Å². The second-order valence-corrected chi connectivity index (χ2v) is 10.4. The van der Waals surface area contributed by atoms with Crippen LogP contribution >= 0.6 is 0 Å². The highest BCUT2D eigenvalue weighted by molar-refractivity contribution is 7.90. The summed E-state index contributed by atoms with van der Waals surface area (Å²) in [6, 6.07) is 14.3. The number of halogens is 1. The summed E-state index contributed by atoms with van der Waals surface area (Å²) in [7, 11) is -3.85. The minimum Gasteiger partial charge on any atom is -0.376 e. The predicted molar refractivity (Wildman–Crippen MR) is 130 cm³/mol. The first-order valence-electron chi connectivity index (χ1n) is 11.5. The Morgan fingerprint density at radius 2 is 1.94 bits per heavy atom. The summed E-state index contributed by atoms with van der Waals surface area (Å²) in [6.45, 7) is 5.15. The molecule has 0 spiro atoms. The maximum absolute atomic E-state index is 13.3. The average Bonchev–Trinajstić information content (AvgIpc) is 3.51. The molecule has 2 heterocycles. The van der Waals surface area contributed by atoms with Crippen molar-refractivity contribution < 1.29 is 22.3 Å². The molecule has 1 fully saturated rings. The fraction of sp³-hybridized carbons (Fsp3) is 0.308. The van der Waals surface area contributed by atoms with Gasteiger partial charge in [0.15, 0.2) is 0 Å². The second kappa shape index (κ2) is 11.0. The van der Waals surface area contributed by atoms with E-state index in [2.05, 4.69) is 11.6 Å².